The average Bonchev–Trinajstić information content (AvgIpc) is 2.70. The van der Waals surface area contributed by atoms with Gasteiger partial charge in [0.15, 0.2) is 0 Å². The zero-order valence-corrected chi connectivity index (χ0v) is 7.87. The summed E-state index contributed by atoms with van der Waals surface area (Å²) in [5, 5.41) is 7.01. The number of nitrogens with zero attached hydrogens (tertiary/aromatic N) is 3. The fourth-order valence-corrected chi connectivity index (χ4v) is 1.66. The lowest BCUT2D eigenvalue weighted by molar-refractivity contribution is 0.868. The smallest absolute Gasteiger partial charge is 0.210 e. The quantitative estimate of drug-likeness (QED) is 0.787. The molecule has 2 aromatic rings. The highest BCUT2D eigenvalue weighted by molar-refractivity contribution is 7.12. The van der Waals surface area contributed by atoms with Crippen LogP contribution in [0.4, 0.5) is 0 Å². The van der Waals surface area contributed by atoms with Crippen molar-refractivity contribution in [2.45, 2.75) is 6.42 Å². The van der Waals surface area contributed by atoms with Gasteiger partial charge in [0.2, 0.25) is 5.13 Å². The minimum Gasteiger partial charge on any atom is -0.330 e. The third-order valence-corrected chi connectivity index (χ3v) is 2.45. The summed E-state index contributed by atoms with van der Waals surface area (Å²) in [4.78, 5) is 4.15. The Kier molecular flexibility index (Phi) is 2.37. The molecule has 13 heavy (non-hydrogen) atoms. The van der Waals surface area contributed by atoms with E-state index in [0.29, 0.717) is 6.54 Å². The first kappa shape index (κ1) is 8.40. The number of rotatable bonds is 3. The highest BCUT2D eigenvalue weighted by atomic mass is 32.1. The predicted molar refractivity (Wildman–Crippen MR) is 52.0 cm³/mol. The Hall–Kier alpha value is -1.20. The van der Waals surface area contributed by atoms with Gasteiger partial charge in [-0.15, -0.1) is 11.3 Å². The van der Waals surface area contributed by atoms with Gasteiger partial charge in [0.05, 0.1) is 6.20 Å². The monoisotopic (exact) mass is 194 g/mol. The van der Waals surface area contributed by atoms with Crippen molar-refractivity contribution in [3.05, 3.63) is 29.5 Å². The molecule has 0 atom stereocenters. The normalized spacial score (nSPS) is 10.5. The van der Waals surface area contributed by atoms with E-state index in [1.165, 1.54) is 0 Å². The molecule has 0 aromatic carbocycles. The molecule has 0 spiro atoms. The molecule has 2 N–H and O–H groups in total. The molecule has 2 aromatic heterocycles. The van der Waals surface area contributed by atoms with E-state index in [9.17, 15) is 0 Å². The van der Waals surface area contributed by atoms with Gasteiger partial charge in [-0.1, -0.05) is 0 Å². The van der Waals surface area contributed by atoms with E-state index in [4.69, 9.17) is 5.73 Å². The summed E-state index contributed by atoms with van der Waals surface area (Å²) in [6, 6.07) is 0. The van der Waals surface area contributed by atoms with Crippen molar-refractivity contribution in [1.29, 1.82) is 0 Å². The molecule has 0 aliphatic heterocycles. The first-order chi connectivity index (χ1) is 6.40. The molecule has 0 saturated heterocycles. The van der Waals surface area contributed by atoms with Crippen molar-refractivity contribution in [2.24, 2.45) is 5.73 Å². The zero-order valence-electron chi connectivity index (χ0n) is 7.05. The maximum absolute atomic E-state index is 5.44. The van der Waals surface area contributed by atoms with Crippen molar-refractivity contribution in [3.63, 3.8) is 0 Å². The molecule has 0 radical (unpaired) electrons. The third-order valence-electron chi connectivity index (χ3n) is 1.68. The summed E-state index contributed by atoms with van der Waals surface area (Å²) in [6.07, 6.45) is 6.43. The van der Waals surface area contributed by atoms with Gasteiger partial charge in [0.1, 0.15) is 0 Å². The van der Waals surface area contributed by atoms with E-state index in [2.05, 4.69) is 10.1 Å². The lowest BCUT2D eigenvalue weighted by atomic mass is 10.3. The number of nitrogens with two attached hydrogens (primary N) is 1. The van der Waals surface area contributed by atoms with Crippen molar-refractivity contribution in [1.82, 2.24) is 14.8 Å². The number of thiazole rings is 1. The van der Waals surface area contributed by atoms with Crippen LogP contribution in [0.5, 0.6) is 0 Å². The summed E-state index contributed by atoms with van der Waals surface area (Å²) < 4.78 is 1.77. The second kappa shape index (κ2) is 3.68. The molecule has 0 aliphatic rings. The molecule has 4 nitrogen and oxygen atoms in total. The maximum atomic E-state index is 5.44. The van der Waals surface area contributed by atoms with Gasteiger partial charge < -0.3 is 5.73 Å². The van der Waals surface area contributed by atoms with Crippen LogP contribution in [0.1, 0.15) is 5.56 Å². The Morgan fingerprint density at radius 2 is 2.46 bits per heavy atom. The van der Waals surface area contributed by atoms with Crippen LogP contribution in [-0.4, -0.2) is 21.3 Å². The van der Waals surface area contributed by atoms with Crippen LogP contribution in [-0.2, 0) is 6.42 Å². The van der Waals surface area contributed by atoms with Crippen LogP contribution in [0.2, 0.25) is 0 Å². The minimum absolute atomic E-state index is 0.656. The Morgan fingerprint density at radius 3 is 3.15 bits per heavy atom. The average molecular weight is 194 g/mol. The van der Waals surface area contributed by atoms with E-state index in [1.54, 1.807) is 22.2 Å². The first-order valence-corrected chi connectivity index (χ1v) is 4.91. The number of hydrogen-bond acceptors (Lipinski definition) is 4. The molecule has 0 bridgehead atoms. The number of aromatic nitrogens is 3. The second-order valence-electron chi connectivity index (χ2n) is 2.65. The summed E-state index contributed by atoms with van der Waals surface area (Å²) in [6.45, 7) is 0.656. The van der Waals surface area contributed by atoms with Gasteiger partial charge in [-0.05, 0) is 18.5 Å². The van der Waals surface area contributed by atoms with Gasteiger partial charge in [-0.2, -0.15) is 5.10 Å². The van der Waals surface area contributed by atoms with Gasteiger partial charge >= 0.3 is 0 Å². The summed E-state index contributed by atoms with van der Waals surface area (Å²) in [7, 11) is 0. The molecule has 2 rings (SSSR count). The SMILES string of the molecule is NCCc1cnn(-c2nccs2)c1. The number of hydrogen-bond donors (Lipinski definition) is 1. The lowest BCUT2D eigenvalue weighted by Gasteiger charge is -1.92. The Labute approximate surface area is 80.0 Å². The lowest BCUT2D eigenvalue weighted by Crippen LogP contribution is -2.01. The topological polar surface area (TPSA) is 56.7 Å². The standard InChI is InChI=1S/C8H10N4S/c9-2-1-7-5-11-12(6-7)8-10-3-4-13-8/h3-6H,1-2,9H2. The van der Waals surface area contributed by atoms with E-state index in [-0.39, 0.29) is 0 Å². The molecule has 0 aliphatic carbocycles. The highest BCUT2D eigenvalue weighted by Gasteiger charge is 2.01. The van der Waals surface area contributed by atoms with Crippen LogP contribution >= 0.6 is 11.3 Å². The van der Waals surface area contributed by atoms with E-state index >= 15 is 0 Å². The van der Waals surface area contributed by atoms with Crippen molar-refractivity contribution < 1.29 is 0 Å². The highest BCUT2D eigenvalue weighted by Crippen LogP contribution is 2.10. The van der Waals surface area contributed by atoms with E-state index in [1.807, 2.05) is 17.8 Å². The van der Waals surface area contributed by atoms with E-state index < -0.39 is 0 Å². The van der Waals surface area contributed by atoms with Gasteiger partial charge in [0.25, 0.3) is 0 Å². The Bertz CT molecular complexity index is 365. The Balaban J connectivity index is 2.23. The fourth-order valence-electron chi connectivity index (χ4n) is 1.09. The molecule has 2 heterocycles. The summed E-state index contributed by atoms with van der Waals surface area (Å²) >= 11 is 1.57. The van der Waals surface area contributed by atoms with Crippen LogP contribution < -0.4 is 5.73 Å². The fraction of sp³-hybridized carbons (Fsp3) is 0.250. The van der Waals surface area contributed by atoms with Crippen LogP contribution in [0.25, 0.3) is 5.13 Å². The van der Waals surface area contributed by atoms with Gasteiger partial charge in [-0.25, -0.2) is 9.67 Å². The van der Waals surface area contributed by atoms with Gasteiger partial charge in [-0.3, -0.25) is 0 Å². The molecule has 0 fully saturated rings. The van der Waals surface area contributed by atoms with Crippen molar-refractivity contribution in [3.8, 4) is 5.13 Å². The maximum Gasteiger partial charge on any atom is 0.210 e. The molecular weight excluding hydrogens is 184 g/mol. The third kappa shape index (κ3) is 1.76. The molecule has 0 amide bonds. The predicted octanol–water partition coefficient (Wildman–Crippen LogP) is 0.830. The first-order valence-electron chi connectivity index (χ1n) is 4.03. The second-order valence-corrected chi connectivity index (χ2v) is 3.52. The van der Waals surface area contributed by atoms with Crippen LogP contribution in [0.3, 0.4) is 0 Å². The molecular formula is C8H10N4S. The van der Waals surface area contributed by atoms with Crippen molar-refractivity contribution in [2.75, 3.05) is 6.54 Å². The molecule has 0 saturated carbocycles. The van der Waals surface area contributed by atoms with Gasteiger partial charge in [0, 0.05) is 17.8 Å². The van der Waals surface area contributed by atoms with Crippen LogP contribution in [0, 0.1) is 0 Å². The molecule has 68 valence electrons. The molecule has 0 unspecified atom stereocenters. The summed E-state index contributed by atoms with van der Waals surface area (Å²) in [5.74, 6) is 0. The van der Waals surface area contributed by atoms with E-state index in [0.717, 1.165) is 17.1 Å². The summed E-state index contributed by atoms with van der Waals surface area (Å²) in [5.41, 5.74) is 6.59. The zero-order chi connectivity index (χ0) is 9.10. The molecule has 5 heteroatoms. The largest absolute Gasteiger partial charge is 0.330 e. The van der Waals surface area contributed by atoms with Crippen LogP contribution in [0.15, 0.2) is 24.0 Å². The minimum atomic E-state index is 0.656. The Morgan fingerprint density at radius 1 is 1.54 bits per heavy atom. The van der Waals surface area contributed by atoms with Crippen molar-refractivity contribution >= 4 is 11.3 Å².